The number of nitrogens with zero attached hydrogens (tertiary/aromatic N) is 1. The second-order valence-corrected chi connectivity index (χ2v) is 6.26. The van der Waals surface area contributed by atoms with E-state index in [4.69, 9.17) is 4.74 Å². The molecule has 1 saturated heterocycles. The lowest BCUT2D eigenvalue weighted by Crippen LogP contribution is -2.48. The van der Waals surface area contributed by atoms with Gasteiger partial charge in [0.25, 0.3) is 5.91 Å². The van der Waals surface area contributed by atoms with E-state index in [0.29, 0.717) is 6.54 Å². The molecule has 0 saturated carbocycles. The van der Waals surface area contributed by atoms with E-state index in [9.17, 15) is 4.79 Å². The summed E-state index contributed by atoms with van der Waals surface area (Å²) in [4.78, 5) is 15.1. The third-order valence-corrected chi connectivity index (χ3v) is 4.76. The van der Waals surface area contributed by atoms with Crippen LogP contribution in [-0.2, 0) is 0 Å². The molecule has 2 aromatic rings. The van der Waals surface area contributed by atoms with Gasteiger partial charge in [-0.2, -0.15) is 0 Å². The average Bonchev–Trinajstić information content (AvgIpc) is 2.63. The highest BCUT2D eigenvalue weighted by Gasteiger charge is 2.30. The fraction of sp³-hybridized carbons (Fsp3) is 0.350. The van der Waals surface area contributed by atoms with Crippen molar-refractivity contribution in [1.29, 1.82) is 0 Å². The van der Waals surface area contributed by atoms with E-state index in [1.165, 1.54) is 5.56 Å². The fourth-order valence-corrected chi connectivity index (χ4v) is 3.21. The summed E-state index contributed by atoms with van der Waals surface area (Å²) in [5.41, 5.74) is 4.14. The molecule has 4 heteroatoms. The van der Waals surface area contributed by atoms with Crippen molar-refractivity contribution in [3.05, 3.63) is 64.7 Å². The summed E-state index contributed by atoms with van der Waals surface area (Å²) in [5, 5.41) is 3.39. The first-order chi connectivity index (χ1) is 11.6. The van der Waals surface area contributed by atoms with E-state index < -0.39 is 0 Å². The van der Waals surface area contributed by atoms with Gasteiger partial charge in [0.2, 0.25) is 0 Å². The molecule has 0 spiro atoms. The molecule has 126 valence electrons. The van der Waals surface area contributed by atoms with Crippen LogP contribution in [0.5, 0.6) is 5.75 Å². The molecule has 0 radical (unpaired) electrons. The first-order valence-corrected chi connectivity index (χ1v) is 8.33. The van der Waals surface area contributed by atoms with Crippen LogP contribution in [0.2, 0.25) is 0 Å². The molecule has 3 rings (SSSR count). The van der Waals surface area contributed by atoms with Crippen molar-refractivity contribution in [2.75, 3.05) is 26.7 Å². The van der Waals surface area contributed by atoms with Gasteiger partial charge in [-0.25, -0.2) is 0 Å². The number of para-hydroxylation sites is 1. The number of methoxy groups -OCH3 is 1. The van der Waals surface area contributed by atoms with E-state index >= 15 is 0 Å². The molecule has 1 atom stereocenters. The number of hydrogen-bond acceptors (Lipinski definition) is 3. The minimum Gasteiger partial charge on any atom is -0.496 e. The van der Waals surface area contributed by atoms with Crippen LogP contribution in [0.4, 0.5) is 0 Å². The van der Waals surface area contributed by atoms with Crippen molar-refractivity contribution < 1.29 is 9.53 Å². The topological polar surface area (TPSA) is 41.6 Å². The number of amides is 1. The molecule has 1 amide bonds. The van der Waals surface area contributed by atoms with Crippen LogP contribution in [0.15, 0.2) is 42.5 Å². The Balaban J connectivity index is 1.94. The van der Waals surface area contributed by atoms with Crippen LogP contribution in [0.1, 0.15) is 33.1 Å². The number of piperazine rings is 1. The largest absolute Gasteiger partial charge is 0.496 e. The lowest BCUT2D eigenvalue weighted by atomic mass is 9.99. The molecule has 0 aromatic heterocycles. The van der Waals surface area contributed by atoms with Crippen LogP contribution < -0.4 is 10.1 Å². The van der Waals surface area contributed by atoms with Crippen molar-refractivity contribution in [2.45, 2.75) is 19.9 Å². The summed E-state index contributed by atoms with van der Waals surface area (Å²) < 4.78 is 5.50. The first kappa shape index (κ1) is 16.5. The lowest BCUT2D eigenvalue weighted by molar-refractivity contribution is 0.0631. The maximum Gasteiger partial charge on any atom is 0.254 e. The van der Waals surface area contributed by atoms with Gasteiger partial charge in [-0.1, -0.05) is 24.3 Å². The van der Waals surface area contributed by atoms with Crippen molar-refractivity contribution in [2.24, 2.45) is 0 Å². The Bertz CT molecular complexity index is 742. The Hall–Kier alpha value is -2.33. The van der Waals surface area contributed by atoms with E-state index in [1.54, 1.807) is 7.11 Å². The van der Waals surface area contributed by atoms with Gasteiger partial charge in [-0.05, 0) is 43.2 Å². The molecule has 24 heavy (non-hydrogen) atoms. The zero-order chi connectivity index (χ0) is 17.1. The second kappa shape index (κ2) is 7.05. The van der Waals surface area contributed by atoms with E-state index in [1.807, 2.05) is 54.3 Å². The monoisotopic (exact) mass is 324 g/mol. The van der Waals surface area contributed by atoms with Gasteiger partial charge in [0.15, 0.2) is 0 Å². The molecule has 1 fully saturated rings. The standard InChI is InChI=1S/C20H24N2O2/c1-14-8-9-16(12-15(14)2)20(23)22-11-10-21-13-18(22)17-6-4-5-7-19(17)24-3/h4-9,12,18,21H,10-11,13H2,1-3H3. The normalized spacial score (nSPS) is 17.6. The summed E-state index contributed by atoms with van der Waals surface area (Å²) in [6, 6.07) is 13.8. The molecule has 1 aliphatic heterocycles. The molecule has 1 aliphatic rings. The minimum atomic E-state index is -0.0241. The summed E-state index contributed by atoms with van der Waals surface area (Å²) in [5.74, 6) is 0.902. The lowest BCUT2D eigenvalue weighted by Gasteiger charge is -2.37. The highest BCUT2D eigenvalue weighted by Crippen LogP contribution is 2.31. The Morgan fingerprint density at radius 3 is 2.71 bits per heavy atom. The number of rotatable bonds is 3. The Morgan fingerprint density at radius 1 is 1.17 bits per heavy atom. The van der Waals surface area contributed by atoms with Crippen LogP contribution in [-0.4, -0.2) is 37.6 Å². The highest BCUT2D eigenvalue weighted by atomic mass is 16.5. The van der Waals surface area contributed by atoms with Crippen molar-refractivity contribution in [3.8, 4) is 5.75 Å². The summed E-state index contributed by atoms with van der Waals surface area (Å²) in [6.45, 7) is 6.33. The van der Waals surface area contributed by atoms with Gasteiger partial charge < -0.3 is 15.0 Å². The van der Waals surface area contributed by atoms with Crippen LogP contribution in [0, 0.1) is 13.8 Å². The zero-order valence-corrected chi connectivity index (χ0v) is 14.5. The van der Waals surface area contributed by atoms with Crippen LogP contribution in [0.3, 0.4) is 0 Å². The summed E-state index contributed by atoms with van der Waals surface area (Å²) in [7, 11) is 1.67. The quantitative estimate of drug-likeness (QED) is 0.943. The smallest absolute Gasteiger partial charge is 0.254 e. The van der Waals surface area contributed by atoms with Crippen LogP contribution in [0.25, 0.3) is 0 Å². The van der Waals surface area contributed by atoms with E-state index in [0.717, 1.165) is 35.5 Å². The van der Waals surface area contributed by atoms with Crippen molar-refractivity contribution >= 4 is 5.91 Å². The molecular formula is C20H24N2O2. The maximum absolute atomic E-state index is 13.1. The molecule has 0 bridgehead atoms. The third kappa shape index (κ3) is 3.15. The number of aryl methyl sites for hydroxylation is 2. The molecular weight excluding hydrogens is 300 g/mol. The molecule has 1 N–H and O–H groups in total. The average molecular weight is 324 g/mol. The van der Waals surface area contributed by atoms with E-state index in [-0.39, 0.29) is 11.9 Å². The molecule has 0 aliphatic carbocycles. The number of nitrogens with one attached hydrogen (secondary N) is 1. The number of carbonyl (C=O) groups is 1. The molecule has 4 nitrogen and oxygen atoms in total. The first-order valence-electron chi connectivity index (χ1n) is 8.33. The molecule has 2 aromatic carbocycles. The SMILES string of the molecule is COc1ccccc1C1CNCCN1C(=O)c1ccc(C)c(C)c1. The van der Waals surface area contributed by atoms with Gasteiger partial charge in [-0.3, -0.25) is 4.79 Å². The Kier molecular flexibility index (Phi) is 4.86. The Labute approximate surface area is 143 Å². The molecule has 1 unspecified atom stereocenters. The minimum absolute atomic E-state index is 0.0241. The van der Waals surface area contributed by atoms with Crippen molar-refractivity contribution in [3.63, 3.8) is 0 Å². The second-order valence-electron chi connectivity index (χ2n) is 6.26. The maximum atomic E-state index is 13.1. The number of benzene rings is 2. The van der Waals surface area contributed by atoms with Gasteiger partial charge in [0, 0.05) is 30.8 Å². The fourth-order valence-electron chi connectivity index (χ4n) is 3.21. The van der Waals surface area contributed by atoms with Gasteiger partial charge in [0.1, 0.15) is 5.75 Å². The van der Waals surface area contributed by atoms with Gasteiger partial charge in [-0.15, -0.1) is 0 Å². The van der Waals surface area contributed by atoms with E-state index in [2.05, 4.69) is 12.2 Å². The zero-order valence-electron chi connectivity index (χ0n) is 14.5. The Morgan fingerprint density at radius 2 is 1.96 bits per heavy atom. The third-order valence-electron chi connectivity index (χ3n) is 4.76. The van der Waals surface area contributed by atoms with Gasteiger partial charge in [0.05, 0.1) is 13.2 Å². The van der Waals surface area contributed by atoms with Crippen LogP contribution >= 0.6 is 0 Å². The summed E-state index contributed by atoms with van der Waals surface area (Å²) >= 11 is 0. The number of ether oxygens (including phenoxy) is 1. The predicted octanol–water partition coefficient (Wildman–Crippen LogP) is 3.10. The van der Waals surface area contributed by atoms with Crippen molar-refractivity contribution in [1.82, 2.24) is 10.2 Å². The highest BCUT2D eigenvalue weighted by molar-refractivity contribution is 5.95. The summed E-state index contributed by atoms with van der Waals surface area (Å²) in [6.07, 6.45) is 0. The number of carbonyl (C=O) groups excluding carboxylic acids is 1. The number of hydrogen-bond donors (Lipinski definition) is 1. The molecule has 1 heterocycles. The van der Waals surface area contributed by atoms with Gasteiger partial charge >= 0.3 is 0 Å². The predicted molar refractivity (Wildman–Crippen MR) is 95.6 cm³/mol.